The molecule has 3 heterocycles. The van der Waals surface area contributed by atoms with Gasteiger partial charge < -0.3 is 20.8 Å². The molecular formula is C19H25N7O. The van der Waals surface area contributed by atoms with Crippen LogP contribution in [0.4, 0.5) is 5.82 Å². The molecule has 3 N–H and O–H groups in total. The van der Waals surface area contributed by atoms with Crippen molar-refractivity contribution in [2.24, 2.45) is 5.73 Å². The van der Waals surface area contributed by atoms with Gasteiger partial charge in [-0.25, -0.2) is 9.67 Å². The number of ether oxygens (including phenoxy) is 1. The lowest BCUT2D eigenvalue weighted by atomic mass is 9.85. The average Bonchev–Trinajstić information content (AvgIpc) is 3.04. The summed E-state index contributed by atoms with van der Waals surface area (Å²) in [6.45, 7) is 8.27. The van der Waals surface area contributed by atoms with Gasteiger partial charge in [0.2, 0.25) is 0 Å². The van der Waals surface area contributed by atoms with Crippen LogP contribution in [0.3, 0.4) is 0 Å². The van der Waals surface area contributed by atoms with Crippen molar-refractivity contribution in [3.05, 3.63) is 29.6 Å². The van der Waals surface area contributed by atoms with Gasteiger partial charge in [-0.05, 0) is 38.5 Å². The molecule has 8 heteroatoms. The topological polar surface area (TPSA) is 117 Å². The number of pyridine rings is 1. The van der Waals surface area contributed by atoms with Gasteiger partial charge >= 0.3 is 0 Å². The summed E-state index contributed by atoms with van der Waals surface area (Å²) < 4.78 is 7.26. The van der Waals surface area contributed by atoms with Crippen molar-refractivity contribution >= 4 is 23.1 Å². The van der Waals surface area contributed by atoms with Crippen LogP contribution in [0.1, 0.15) is 26.3 Å². The van der Waals surface area contributed by atoms with Crippen LogP contribution in [0, 0.1) is 16.7 Å². The number of anilines is 1. The number of rotatable bonds is 5. The smallest absolute Gasteiger partial charge is 0.160 e. The number of nitrogens with zero attached hydrogens (tertiary/aromatic N) is 5. The molecule has 0 saturated carbocycles. The number of hydrogen-bond acceptors (Lipinski definition) is 7. The van der Waals surface area contributed by atoms with Crippen LogP contribution in [0.25, 0.3) is 11.0 Å². The van der Waals surface area contributed by atoms with Crippen LogP contribution in [0.5, 0.6) is 0 Å². The van der Waals surface area contributed by atoms with Gasteiger partial charge in [-0.15, -0.1) is 0 Å². The summed E-state index contributed by atoms with van der Waals surface area (Å²) in [5, 5.41) is 22.2. The molecule has 1 atom stereocenters. The molecule has 2 aromatic rings. The van der Waals surface area contributed by atoms with Gasteiger partial charge in [-0.2, -0.15) is 10.4 Å². The van der Waals surface area contributed by atoms with Gasteiger partial charge in [0, 0.05) is 23.8 Å². The van der Waals surface area contributed by atoms with Crippen molar-refractivity contribution in [2.75, 3.05) is 24.7 Å². The normalized spacial score (nSPS) is 18.5. The zero-order valence-corrected chi connectivity index (χ0v) is 15.9. The van der Waals surface area contributed by atoms with Gasteiger partial charge in [-0.1, -0.05) is 0 Å². The molecule has 8 nitrogen and oxygen atoms in total. The highest BCUT2D eigenvalue weighted by atomic mass is 16.5. The van der Waals surface area contributed by atoms with Gasteiger partial charge in [0.1, 0.15) is 5.82 Å². The second-order valence-corrected chi connectivity index (χ2v) is 7.33. The first-order chi connectivity index (χ1) is 12.9. The summed E-state index contributed by atoms with van der Waals surface area (Å²) in [7, 11) is 0. The Morgan fingerprint density at radius 1 is 1.56 bits per heavy atom. The van der Waals surface area contributed by atoms with Crippen molar-refractivity contribution in [1.82, 2.24) is 14.8 Å². The Kier molecular flexibility index (Phi) is 5.15. The molecule has 3 rings (SSSR count). The third-order valence-corrected chi connectivity index (χ3v) is 4.84. The third-order valence-electron chi connectivity index (χ3n) is 4.84. The van der Waals surface area contributed by atoms with Crippen LogP contribution in [-0.4, -0.2) is 46.8 Å². The molecule has 0 aromatic carbocycles. The fraction of sp³-hybridized carbons (Fsp3) is 0.474. The molecule has 27 heavy (non-hydrogen) atoms. The van der Waals surface area contributed by atoms with Crippen molar-refractivity contribution in [1.29, 1.82) is 10.7 Å². The van der Waals surface area contributed by atoms with E-state index in [4.69, 9.17) is 20.9 Å². The van der Waals surface area contributed by atoms with Crippen LogP contribution in [0.2, 0.25) is 0 Å². The first-order valence-electron chi connectivity index (χ1n) is 8.95. The Morgan fingerprint density at radius 2 is 2.33 bits per heavy atom. The van der Waals surface area contributed by atoms with E-state index in [1.54, 1.807) is 10.9 Å². The number of hydrogen-bond donors (Lipinski definition) is 2. The first-order valence-corrected chi connectivity index (χ1v) is 8.95. The van der Waals surface area contributed by atoms with E-state index >= 15 is 0 Å². The van der Waals surface area contributed by atoms with E-state index in [9.17, 15) is 5.26 Å². The molecule has 0 unspecified atom stereocenters. The van der Waals surface area contributed by atoms with Crippen molar-refractivity contribution in [2.45, 2.75) is 38.8 Å². The van der Waals surface area contributed by atoms with E-state index in [1.165, 1.54) is 6.08 Å². The Morgan fingerprint density at radius 3 is 3.00 bits per heavy atom. The Hall–Kier alpha value is -2.92. The number of allylic oxidation sites excluding steroid dienone is 2. The molecule has 0 amide bonds. The van der Waals surface area contributed by atoms with E-state index in [1.807, 2.05) is 19.9 Å². The van der Waals surface area contributed by atoms with E-state index < -0.39 is 5.41 Å². The van der Waals surface area contributed by atoms with Crippen LogP contribution < -0.4 is 10.6 Å². The van der Waals surface area contributed by atoms with E-state index in [-0.39, 0.29) is 6.04 Å². The lowest BCUT2D eigenvalue weighted by Crippen LogP contribution is -2.44. The molecule has 1 aliphatic heterocycles. The molecule has 0 aliphatic carbocycles. The second kappa shape index (κ2) is 7.37. The van der Waals surface area contributed by atoms with Crippen molar-refractivity contribution < 1.29 is 4.74 Å². The lowest BCUT2D eigenvalue weighted by Gasteiger charge is -2.35. The fourth-order valence-corrected chi connectivity index (χ4v) is 3.27. The molecule has 0 radical (unpaired) electrons. The molecule has 1 aliphatic rings. The van der Waals surface area contributed by atoms with Crippen molar-refractivity contribution in [3.63, 3.8) is 0 Å². The van der Waals surface area contributed by atoms with Crippen LogP contribution >= 0.6 is 0 Å². The number of nitriles is 1. The highest BCUT2D eigenvalue weighted by molar-refractivity contribution is 5.83. The maximum atomic E-state index is 9.70. The van der Waals surface area contributed by atoms with Gasteiger partial charge in [0.15, 0.2) is 5.65 Å². The predicted molar refractivity (Wildman–Crippen MR) is 105 cm³/mol. The minimum atomic E-state index is -0.685. The minimum Gasteiger partial charge on any atom is -0.400 e. The molecule has 142 valence electrons. The van der Waals surface area contributed by atoms with E-state index in [2.05, 4.69) is 23.0 Å². The molecule has 1 fully saturated rings. The Labute approximate surface area is 158 Å². The summed E-state index contributed by atoms with van der Waals surface area (Å²) in [4.78, 5) is 7.05. The average molecular weight is 367 g/mol. The number of morpholine rings is 1. The zero-order chi connectivity index (χ0) is 19.6. The standard InChI is InChI=1S/C19H25N7O/c1-13-11-27-7-6-25(13)17-8-16(19(2,3)12-21)15-9-23-26(18(15)24-17)10-14(22)4-5-20/h4-5,8-9,13,20H,6-7,10-11,22H2,1-3H3/b14-4-,20-5?/t13-/m1/s1. The van der Waals surface area contributed by atoms with Gasteiger partial charge in [0.05, 0.1) is 43.5 Å². The second-order valence-electron chi connectivity index (χ2n) is 7.33. The first kappa shape index (κ1) is 18.9. The number of aromatic nitrogens is 3. The van der Waals surface area contributed by atoms with Crippen LogP contribution in [-0.2, 0) is 16.7 Å². The van der Waals surface area contributed by atoms with E-state index in [0.717, 1.165) is 29.5 Å². The van der Waals surface area contributed by atoms with Gasteiger partial charge in [0.25, 0.3) is 0 Å². The maximum absolute atomic E-state index is 9.70. The number of nitrogens with two attached hydrogens (primary N) is 1. The third kappa shape index (κ3) is 3.64. The van der Waals surface area contributed by atoms with Gasteiger partial charge in [-0.3, -0.25) is 0 Å². The highest BCUT2D eigenvalue weighted by Gasteiger charge is 2.28. The quantitative estimate of drug-likeness (QED) is 0.780. The summed E-state index contributed by atoms with van der Waals surface area (Å²) >= 11 is 0. The number of nitrogens with one attached hydrogen (secondary N) is 1. The summed E-state index contributed by atoms with van der Waals surface area (Å²) in [6, 6.07) is 4.58. The lowest BCUT2D eigenvalue weighted by molar-refractivity contribution is 0.0985. The summed E-state index contributed by atoms with van der Waals surface area (Å²) in [5.41, 5.74) is 7.37. The molecule has 0 spiro atoms. The van der Waals surface area contributed by atoms with Crippen molar-refractivity contribution in [3.8, 4) is 6.07 Å². The minimum absolute atomic E-state index is 0.195. The molecule has 2 aromatic heterocycles. The van der Waals surface area contributed by atoms with E-state index in [0.29, 0.717) is 31.1 Å². The highest BCUT2D eigenvalue weighted by Crippen LogP contribution is 2.33. The molecular weight excluding hydrogens is 342 g/mol. The number of fused-ring (bicyclic) bond motifs is 1. The largest absolute Gasteiger partial charge is 0.400 e. The summed E-state index contributed by atoms with van der Waals surface area (Å²) in [5.74, 6) is 0.813. The monoisotopic (exact) mass is 367 g/mol. The SMILES string of the molecule is C[C@@H]1COCCN1c1cc(C(C)(C)C#N)c2cnn(C/C(N)=C/C=N)c2n1. The fourth-order valence-electron chi connectivity index (χ4n) is 3.27. The predicted octanol–water partition coefficient (Wildman–Crippen LogP) is 1.95. The molecule has 0 bridgehead atoms. The Balaban J connectivity index is 2.18. The summed E-state index contributed by atoms with van der Waals surface area (Å²) in [6.07, 6.45) is 4.42. The molecule has 1 saturated heterocycles. The van der Waals surface area contributed by atoms with Crippen LogP contribution in [0.15, 0.2) is 24.0 Å². The Bertz CT molecular complexity index is 922. The zero-order valence-electron chi connectivity index (χ0n) is 15.9. The maximum Gasteiger partial charge on any atom is 0.160 e.